The first-order valence-electron chi connectivity index (χ1n) is 8.63. The molecule has 1 amide bonds. The van der Waals surface area contributed by atoms with Gasteiger partial charge in [-0.2, -0.15) is 0 Å². The van der Waals surface area contributed by atoms with Crippen molar-refractivity contribution in [2.24, 2.45) is 0 Å². The quantitative estimate of drug-likeness (QED) is 0.560. The van der Waals surface area contributed by atoms with E-state index >= 15 is 0 Å². The van der Waals surface area contributed by atoms with Crippen molar-refractivity contribution in [3.8, 4) is 11.3 Å². The van der Waals surface area contributed by atoms with Crippen LogP contribution in [0.15, 0.2) is 60.1 Å². The van der Waals surface area contributed by atoms with Crippen LogP contribution in [-0.4, -0.2) is 15.3 Å². The van der Waals surface area contributed by atoms with Gasteiger partial charge < -0.3 is 5.32 Å². The molecular weight excluding hydrogens is 361 g/mol. The van der Waals surface area contributed by atoms with Crippen molar-refractivity contribution in [3.63, 3.8) is 0 Å². The third-order valence-corrected chi connectivity index (χ3v) is 5.29. The van der Waals surface area contributed by atoms with E-state index in [1.54, 1.807) is 18.2 Å². The second-order valence-corrected chi connectivity index (χ2v) is 7.25. The van der Waals surface area contributed by atoms with Crippen LogP contribution in [0.1, 0.15) is 16.8 Å². The molecule has 4 aromatic rings. The summed E-state index contributed by atoms with van der Waals surface area (Å²) >= 11 is 1.50. The monoisotopic (exact) mass is 379 g/mol. The average Bonchev–Trinajstić information content (AvgIpc) is 3.24. The number of nitrogens with one attached hydrogen (secondary N) is 1. The Morgan fingerprint density at radius 3 is 2.74 bits per heavy atom. The number of nitrogens with zero attached hydrogens (tertiary/aromatic N) is 2. The average molecular weight is 379 g/mol. The third kappa shape index (κ3) is 3.75. The molecule has 2 aromatic heterocycles. The number of aromatic nitrogens is 2. The van der Waals surface area contributed by atoms with Crippen LogP contribution in [0.2, 0.25) is 0 Å². The number of carbonyl (C=O) groups excluding carboxylic acids is 1. The van der Waals surface area contributed by atoms with E-state index in [2.05, 4.69) is 22.4 Å². The first-order chi connectivity index (χ1) is 13.1. The molecule has 0 bridgehead atoms. The Kier molecular flexibility index (Phi) is 4.73. The number of rotatable bonds is 5. The van der Waals surface area contributed by atoms with Crippen molar-refractivity contribution >= 4 is 22.2 Å². The van der Waals surface area contributed by atoms with Gasteiger partial charge in [0.1, 0.15) is 5.82 Å². The molecule has 4 rings (SSSR count). The van der Waals surface area contributed by atoms with Gasteiger partial charge in [0.05, 0.1) is 12.1 Å². The molecule has 136 valence electrons. The SMILES string of the molecule is Cc1ccc(-c2cn3c(CC(=O)NCc4ccccc4F)csc3n2)cc1. The molecule has 27 heavy (non-hydrogen) atoms. The molecule has 2 heterocycles. The summed E-state index contributed by atoms with van der Waals surface area (Å²) in [5, 5.41) is 4.71. The molecular formula is C21H18FN3OS. The standard InChI is InChI=1S/C21H18FN3OS/c1-14-6-8-15(9-7-14)19-12-25-17(13-27-21(25)24-19)10-20(26)23-11-16-4-2-3-5-18(16)22/h2-9,12-13H,10-11H2,1H3,(H,23,26). The first kappa shape index (κ1) is 17.4. The van der Waals surface area contributed by atoms with Crippen LogP contribution in [0.25, 0.3) is 16.2 Å². The number of benzene rings is 2. The lowest BCUT2D eigenvalue weighted by Gasteiger charge is -2.06. The normalized spacial score (nSPS) is 11.0. The smallest absolute Gasteiger partial charge is 0.226 e. The van der Waals surface area contributed by atoms with Gasteiger partial charge in [-0.3, -0.25) is 9.20 Å². The summed E-state index contributed by atoms with van der Waals surface area (Å²) in [5.74, 6) is -0.461. The second-order valence-electron chi connectivity index (χ2n) is 6.42. The number of imidazole rings is 1. The molecule has 1 N–H and O–H groups in total. The summed E-state index contributed by atoms with van der Waals surface area (Å²) < 4.78 is 15.6. The van der Waals surface area contributed by atoms with Gasteiger partial charge in [0, 0.05) is 34.9 Å². The Labute approximate surface area is 160 Å². The number of fused-ring (bicyclic) bond motifs is 1. The summed E-state index contributed by atoms with van der Waals surface area (Å²) in [5.41, 5.74) is 4.48. The van der Waals surface area contributed by atoms with E-state index in [1.165, 1.54) is 23.0 Å². The molecule has 6 heteroatoms. The fourth-order valence-electron chi connectivity index (χ4n) is 2.88. The van der Waals surface area contributed by atoms with E-state index < -0.39 is 0 Å². The summed E-state index contributed by atoms with van der Waals surface area (Å²) in [7, 11) is 0. The lowest BCUT2D eigenvalue weighted by atomic mass is 10.1. The zero-order valence-corrected chi connectivity index (χ0v) is 15.6. The van der Waals surface area contributed by atoms with Gasteiger partial charge >= 0.3 is 0 Å². The number of hydrogen-bond acceptors (Lipinski definition) is 3. The molecule has 0 aliphatic carbocycles. The molecule has 0 aliphatic rings. The van der Waals surface area contributed by atoms with E-state index in [9.17, 15) is 9.18 Å². The maximum atomic E-state index is 13.7. The predicted octanol–water partition coefficient (Wildman–Crippen LogP) is 4.37. The first-order valence-corrected chi connectivity index (χ1v) is 9.51. The van der Waals surface area contributed by atoms with E-state index in [0.29, 0.717) is 5.56 Å². The lowest BCUT2D eigenvalue weighted by Crippen LogP contribution is -2.25. The Morgan fingerprint density at radius 1 is 1.19 bits per heavy atom. The van der Waals surface area contributed by atoms with Gasteiger partial charge in [-0.1, -0.05) is 48.0 Å². The van der Waals surface area contributed by atoms with Crippen LogP contribution in [-0.2, 0) is 17.8 Å². The van der Waals surface area contributed by atoms with Crippen molar-refractivity contribution in [1.82, 2.24) is 14.7 Å². The minimum atomic E-state index is -0.312. The zero-order valence-electron chi connectivity index (χ0n) is 14.8. The summed E-state index contributed by atoms with van der Waals surface area (Å²) in [6.45, 7) is 2.23. The Morgan fingerprint density at radius 2 is 1.96 bits per heavy atom. The number of aryl methyl sites for hydroxylation is 1. The number of hydrogen-bond donors (Lipinski definition) is 1. The number of thiazole rings is 1. The fourth-order valence-corrected chi connectivity index (χ4v) is 3.76. The Bertz CT molecular complexity index is 1100. The summed E-state index contributed by atoms with van der Waals surface area (Å²) in [6.07, 6.45) is 2.17. The largest absolute Gasteiger partial charge is 0.352 e. The fraction of sp³-hybridized carbons (Fsp3) is 0.143. The number of amides is 1. The van der Waals surface area contributed by atoms with Crippen molar-refractivity contribution in [1.29, 1.82) is 0 Å². The van der Waals surface area contributed by atoms with E-state index in [4.69, 9.17) is 0 Å². The van der Waals surface area contributed by atoms with Crippen molar-refractivity contribution in [3.05, 3.63) is 82.7 Å². The number of carbonyl (C=O) groups is 1. The van der Waals surface area contributed by atoms with E-state index in [-0.39, 0.29) is 24.7 Å². The van der Waals surface area contributed by atoms with Crippen molar-refractivity contribution < 1.29 is 9.18 Å². The van der Waals surface area contributed by atoms with Gasteiger partial charge in [0.15, 0.2) is 4.96 Å². The van der Waals surface area contributed by atoms with Crippen LogP contribution >= 0.6 is 11.3 Å². The molecule has 0 aliphatic heterocycles. The molecule has 0 saturated heterocycles. The van der Waals surface area contributed by atoms with Gasteiger partial charge in [0.2, 0.25) is 5.91 Å². The van der Waals surface area contributed by atoms with E-state index in [1.807, 2.05) is 35.0 Å². The molecule has 4 nitrogen and oxygen atoms in total. The molecule has 0 spiro atoms. The molecule has 0 unspecified atom stereocenters. The van der Waals surface area contributed by atoms with Gasteiger partial charge in [-0.05, 0) is 13.0 Å². The maximum absolute atomic E-state index is 13.7. The highest BCUT2D eigenvalue weighted by atomic mass is 32.1. The van der Waals surface area contributed by atoms with Crippen LogP contribution in [0.5, 0.6) is 0 Å². The molecule has 0 saturated carbocycles. The van der Waals surface area contributed by atoms with Gasteiger partial charge in [-0.15, -0.1) is 11.3 Å². The highest BCUT2D eigenvalue weighted by molar-refractivity contribution is 7.15. The molecule has 2 aromatic carbocycles. The molecule has 0 atom stereocenters. The van der Waals surface area contributed by atoms with Crippen molar-refractivity contribution in [2.45, 2.75) is 19.9 Å². The Balaban J connectivity index is 1.48. The number of halogens is 1. The summed E-state index contributed by atoms with van der Waals surface area (Å²) in [6, 6.07) is 14.6. The van der Waals surface area contributed by atoms with Crippen LogP contribution in [0.4, 0.5) is 4.39 Å². The van der Waals surface area contributed by atoms with E-state index in [0.717, 1.165) is 21.9 Å². The predicted molar refractivity (Wildman–Crippen MR) is 105 cm³/mol. The van der Waals surface area contributed by atoms with Gasteiger partial charge in [-0.25, -0.2) is 9.37 Å². The van der Waals surface area contributed by atoms with Crippen molar-refractivity contribution in [2.75, 3.05) is 0 Å². The maximum Gasteiger partial charge on any atom is 0.226 e. The highest BCUT2D eigenvalue weighted by Gasteiger charge is 2.13. The van der Waals surface area contributed by atoms with Crippen LogP contribution < -0.4 is 5.32 Å². The lowest BCUT2D eigenvalue weighted by molar-refractivity contribution is -0.120. The zero-order chi connectivity index (χ0) is 18.8. The topological polar surface area (TPSA) is 46.4 Å². The van der Waals surface area contributed by atoms with Gasteiger partial charge in [0.25, 0.3) is 0 Å². The molecule has 0 radical (unpaired) electrons. The molecule has 0 fully saturated rings. The highest BCUT2D eigenvalue weighted by Crippen LogP contribution is 2.24. The minimum absolute atomic E-state index is 0.150. The minimum Gasteiger partial charge on any atom is -0.352 e. The second kappa shape index (κ2) is 7.32. The van der Waals surface area contributed by atoms with Crippen LogP contribution in [0, 0.1) is 12.7 Å². The third-order valence-electron chi connectivity index (χ3n) is 4.41. The summed E-state index contributed by atoms with van der Waals surface area (Å²) in [4.78, 5) is 17.8. The Hall–Kier alpha value is -2.99. The van der Waals surface area contributed by atoms with Crippen LogP contribution in [0.3, 0.4) is 0 Å².